The molecule has 26 heavy (non-hydrogen) atoms. The first-order valence-electron chi connectivity index (χ1n) is 8.87. The van der Waals surface area contributed by atoms with Gasteiger partial charge in [-0.25, -0.2) is 19.9 Å². The topological polar surface area (TPSA) is 51.6 Å². The summed E-state index contributed by atoms with van der Waals surface area (Å²) in [7, 11) is 0. The molecule has 0 unspecified atom stereocenters. The van der Waals surface area contributed by atoms with E-state index in [1.54, 1.807) is 6.33 Å². The van der Waals surface area contributed by atoms with E-state index in [0.29, 0.717) is 23.7 Å². The molecule has 4 nitrogen and oxygen atoms in total. The van der Waals surface area contributed by atoms with E-state index in [2.05, 4.69) is 81.4 Å². The molecular weight excluding hydrogens is 320 g/mol. The first-order valence-corrected chi connectivity index (χ1v) is 8.87. The van der Waals surface area contributed by atoms with Gasteiger partial charge in [0, 0.05) is 29.2 Å². The molecule has 0 saturated carbocycles. The van der Waals surface area contributed by atoms with Gasteiger partial charge in [-0.15, -0.1) is 0 Å². The van der Waals surface area contributed by atoms with Crippen molar-refractivity contribution in [2.24, 2.45) is 0 Å². The van der Waals surface area contributed by atoms with Crippen LogP contribution in [0.3, 0.4) is 0 Å². The van der Waals surface area contributed by atoms with Crippen molar-refractivity contribution in [1.82, 2.24) is 19.9 Å². The number of hydrogen-bond acceptors (Lipinski definition) is 4. The molecule has 0 aliphatic heterocycles. The Morgan fingerprint density at radius 1 is 0.615 bits per heavy atom. The summed E-state index contributed by atoms with van der Waals surface area (Å²) >= 11 is 0. The van der Waals surface area contributed by atoms with Gasteiger partial charge in [-0.05, 0) is 29.9 Å². The fourth-order valence-corrected chi connectivity index (χ4v) is 2.01. The molecule has 0 amide bonds. The van der Waals surface area contributed by atoms with Crippen molar-refractivity contribution in [2.75, 3.05) is 0 Å². The highest BCUT2D eigenvalue weighted by atomic mass is 14.9. The van der Waals surface area contributed by atoms with Gasteiger partial charge in [0.05, 0.1) is 0 Å². The molecule has 4 heteroatoms. The highest BCUT2D eigenvalue weighted by Crippen LogP contribution is 2.16. The molecule has 2 aromatic heterocycles. The second-order valence-electron chi connectivity index (χ2n) is 7.33. The Balaban J connectivity index is 0. The molecule has 2 heterocycles. The van der Waals surface area contributed by atoms with Gasteiger partial charge in [0.25, 0.3) is 0 Å². The lowest BCUT2D eigenvalue weighted by Crippen LogP contribution is -2.01. The maximum absolute atomic E-state index is 4.46. The molecular formula is C22H40N4. The summed E-state index contributed by atoms with van der Waals surface area (Å²) in [5.74, 6) is 2.84. The van der Waals surface area contributed by atoms with Gasteiger partial charge in [-0.3, -0.25) is 0 Å². The summed E-state index contributed by atoms with van der Waals surface area (Å²) in [6, 6.07) is 4.08. The molecule has 0 radical (unpaired) electrons. The Hall–Kier alpha value is -1.84. The third-order valence-electron chi connectivity index (χ3n) is 3.70. The molecule has 0 aliphatic rings. The molecule has 0 saturated heterocycles. The minimum atomic E-state index is 0. The van der Waals surface area contributed by atoms with E-state index >= 15 is 0 Å². The number of nitrogens with zero attached hydrogens (tertiary/aromatic N) is 4. The number of hydrogen-bond donors (Lipinski definition) is 0. The maximum Gasteiger partial charge on any atom is 0.131 e. The Kier molecular flexibility index (Phi) is 12.7. The molecule has 0 atom stereocenters. The lowest BCUT2D eigenvalue weighted by atomic mass is 10.1. The van der Waals surface area contributed by atoms with Crippen LogP contribution < -0.4 is 0 Å². The molecule has 0 bridgehead atoms. The van der Waals surface area contributed by atoms with Crippen molar-refractivity contribution in [3.63, 3.8) is 0 Å². The second kappa shape index (κ2) is 12.5. The molecule has 0 aliphatic carbocycles. The molecule has 2 rings (SSSR count). The van der Waals surface area contributed by atoms with Crippen molar-refractivity contribution in [3.8, 4) is 0 Å². The van der Waals surface area contributed by atoms with Gasteiger partial charge in [0.2, 0.25) is 0 Å². The van der Waals surface area contributed by atoms with Crippen LogP contribution in [0.25, 0.3) is 0 Å². The van der Waals surface area contributed by atoms with Crippen molar-refractivity contribution >= 4 is 0 Å². The van der Waals surface area contributed by atoms with E-state index < -0.39 is 0 Å². The van der Waals surface area contributed by atoms with Crippen molar-refractivity contribution in [3.05, 3.63) is 47.6 Å². The SMILES string of the molecule is C.C.CC(C)c1cc(C(C)C)ncn1.CC(C)c1ccnc(C(C)C)n1. The van der Waals surface area contributed by atoms with E-state index in [1.807, 2.05) is 12.3 Å². The molecule has 148 valence electrons. The normalized spacial score (nSPS) is 10.3. The minimum Gasteiger partial charge on any atom is -0.241 e. The molecule has 2 aromatic rings. The Morgan fingerprint density at radius 2 is 1.08 bits per heavy atom. The smallest absolute Gasteiger partial charge is 0.131 e. The van der Waals surface area contributed by atoms with Crippen molar-refractivity contribution in [1.29, 1.82) is 0 Å². The average molecular weight is 361 g/mol. The fraction of sp³-hybridized carbons (Fsp3) is 0.636. The van der Waals surface area contributed by atoms with Crippen LogP contribution in [0.1, 0.15) is 117 Å². The predicted octanol–water partition coefficient (Wildman–Crippen LogP) is 6.72. The van der Waals surface area contributed by atoms with Crippen LogP contribution in [0, 0.1) is 0 Å². The van der Waals surface area contributed by atoms with E-state index in [1.165, 1.54) is 0 Å². The summed E-state index contributed by atoms with van der Waals surface area (Å²) in [6.07, 6.45) is 3.50. The minimum absolute atomic E-state index is 0. The average Bonchev–Trinajstić information content (AvgIpc) is 2.55. The number of aromatic nitrogens is 4. The highest BCUT2D eigenvalue weighted by Gasteiger charge is 2.06. The summed E-state index contributed by atoms with van der Waals surface area (Å²) in [6.45, 7) is 17.1. The zero-order valence-corrected chi connectivity index (χ0v) is 16.4. The van der Waals surface area contributed by atoms with E-state index in [-0.39, 0.29) is 14.9 Å². The molecule has 0 spiro atoms. The Morgan fingerprint density at radius 3 is 1.46 bits per heavy atom. The summed E-state index contributed by atoms with van der Waals surface area (Å²) in [5.41, 5.74) is 3.40. The predicted molar refractivity (Wildman–Crippen MR) is 114 cm³/mol. The first-order chi connectivity index (χ1) is 11.2. The summed E-state index contributed by atoms with van der Waals surface area (Å²) in [5, 5.41) is 0. The standard InChI is InChI=1S/2C10H16N2.2CH4/c1-7(2)9-5-10(8(3)4)12-6-11-9;1-7(2)9-5-6-11-10(12-9)8(3)4;;/h2*5-8H,1-4H3;2*1H4. The molecule has 0 N–H and O–H groups in total. The zero-order chi connectivity index (χ0) is 18.3. The van der Waals surface area contributed by atoms with Crippen LogP contribution in [-0.4, -0.2) is 19.9 Å². The van der Waals surface area contributed by atoms with Crippen molar-refractivity contribution < 1.29 is 0 Å². The first kappa shape index (κ1) is 26.4. The van der Waals surface area contributed by atoms with Crippen LogP contribution in [0.5, 0.6) is 0 Å². The van der Waals surface area contributed by atoms with Gasteiger partial charge in [0.15, 0.2) is 0 Å². The number of rotatable bonds is 4. The fourth-order valence-electron chi connectivity index (χ4n) is 2.01. The maximum atomic E-state index is 4.46. The molecule has 0 aromatic carbocycles. The van der Waals surface area contributed by atoms with Gasteiger partial charge in [0.1, 0.15) is 12.2 Å². The van der Waals surface area contributed by atoms with Crippen LogP contribution in [-0.2, 0) is 0 Å². The van der Waals surface area contributed by atoms with Crippen LogP contribution in [0.15, 0.2) is 24.7 Å². The Bertz CT molecular complexity index is 517. The largest absolute Gasteiger partial charge is 0.241 e. The van der Waals surface area contributed by atoms with Gasteiger partial charge in [-0.2, -0.15) is 0 Å². The van der Waals surface area contributed by atoms with E-state index in [0.717, 1.165) is 22.9 Å². The van der Waals surface area contributed by atoms with Gasteiger partial charge < -0.3 is 0 Å². The van der Waals surface area contributed by atoms with Crippen LogP contribution in [0.4, 0.5) is 0 Å². The summed E-state index contributed by atoms with van der Waals surface area (Å²) < 4.78 is 0. The lowest BCUT2D eigenvalue weighted by Gasteiger charge is -2.07. The highest BCUT2D eigenvalue weighted by molar-refractivity contribution is 5.13. The van der Waals surface area contributed by atoms with Crippen LogP contribution >= 0.6 is 0 Å². The zero-order valence-electron chi connectivity index (χ0n) is 16.4. The van der Waals surface area contributed by atoms with Gasteiger partial charge in [-0.1, -0.05) is 70.2 Å². The lowest BCUT2D eigenvalue weighted by molar-refractivity contribution is 0.729. The Labute approximate surface area is 161 Å². The monoisotopic (exact) mass is 360 g/mol. The van der Waals surface area contributed by atoms with Gasteiger partial charge >= 0.3 is 0 Å². The quantitative estimate of drug-likeness (QED) is 0.607. The summed E-state index contributed by atoms with van der Waals surface area (Å²) in [4.78, 5) is 17.1. The third-order valence-corrected chi connectivity index (χ3v) is 3.70. The van der Waals surface area contributed by atoms with E-state index in [9.17, 15) is 0 Å². The van der Waals surface area contributed by atoms with E-state index in [4.69, 9.17) is 0 Å². The van der Waals surface area contributed by atoms with Crippen molar-refractivity contribution in [2.45, 2.75) is 93.9 Å². The second-order valence-corrected chi connectivity index (χ2v) is 7.33. The molecule has 0 fully saturated rings. The van der Waals surface area contributed by atoms with Crippen LogP contribution in [0.2, 0.25) is 0 Å². The third kappa shape index (κ3) is 8.50.